The van der Waals surface area contributed by atoms with Crippen LogP contribution in [-0.4, -0.2) is 59.6 Å². The molecule has 1 aliphatic heterocycles. The number of carbonyl (C=O) groups is 5. The van der Waals surface area contributed by atoms with E-state index < -0.39 is 60.1 Å². The average molecular weight is 587 g/mol. The van der Waals surface area contributed by atoms with Gasteiger partial charge >= 0.3 is 12.1 Å². The van der Waals surface area contributed by atoms with Crippen molar-refractivity contribution in [2.75, 3.05) is 0 Å². The Morgan fingerprint density at radius 3 is 2.19 bits per heavy atom. The molecular formula is C31H46N4O7. The fourth-order valence-electron chi connectivity index (χ4n) is 5.57. The molecule has 1 aromatic rings. The van der Waals surface area contributed by atoms with Gasteiger partial charge in [0.25, 0.3) is 0 Å². The van der Waals surface area contributed by atoms with Crippen LogP contribution >= 0.6 is 0 Å². The number of nitrogens with two attached hydrogens (primary N) is 1. The third-order valence-corrected chi connectivity index (χ3v) is 7.67. The molecule has 0 radical (unpaired) electrons. The van der Waals surface area contributed by atoms with Gasteiger partial charge in [0.15, 0.2) is 0 Å². The Labute approximate surface area is 248 Å². The van der Waals surface area contributed by atoms with Crippen molar-refractivity contribution < 1.29 is 33.4 Å². The van der Waals surface area contributed by atoms with E-state index in [-0.39, 0.29) is 18.3 Å². The third kappa shape index (κ3) is 10.6. The smallest absolute Gasteiger partial charge is 0.408 e. The van der Waals surface area contributed by atoms with E-state index in [1.807, 2.05) is 30.3 Å². The Bertz CT molecular complexity index is 1100. The van der Waals surface area contributed by atoms with Crippen molar-refractivity contribution in [2.24, 2.45) is 17.6 Å². The molecule has 0 aromatic heterocycles. The number of hydrogen-bond acceptors (Lipinski definition) is 7. The molecule has 2 fully saturated rings. The first kappa shape index (κ1) is 32.9. The van der Waals surface area contributed by atoms with E-state index in [2.05, 4.69) is 16.0 Å². The lowest BCUT2D eigenvalue weighted by Crippen LogP contribution is -2.57. The van der Waals surface area contributed by atoms with Crippen LogP contribution in [0.4, 0.5) is 4.79 Å². The molecule has 3 rings (SSSR count). The van der Waals surface area contributed by atoms with Crippen molar-refractivity contribution in [2.45, 2.75) is 115 Å². The summed E-state index contributed by atoms with van der Waals surface area (Å²) in [7, 11) is 0. The molecule has 232 valence electrons. The second-order valence-electron chi connectivity index (χ2n) is 12.6. The Kier molecular flexibility index (Phi) is 11.8. The molecule has 5 N–H and O–H groups in total. The molecule has 1 saturated carbocycles. The molecule has 1 aliphatic carbocycles. The minimum absolute atomic E-state index is 0.122. The molecule has 5 atom stereocenters. The highest BCUT2D eigenvalue weighted by Crippen LogP contribution is 2.31. The zero-order valence-corrected chi connectivity index (χ0v) is 25.1. The van der Waals surface area contributed by atoms with Crippen LogP contribution in [0.2, 0.25) is 0 Å². The maximum absolute atomic E-state index is 13.6. The number of alkyl carbamates (subject to hydrolysis) is 1. The van der Waals surface area contributed by atoms with Gasteiger partial charge in [0.05, 0.1) is 18.4 Å². The molecule has 4 amide bonds. The van der Waals surface area contributed by atoms with Gasteiger partial charge in [-0.15, -0.1) is 0 Å². The molecule has 0 spiro atoms. The zero-order chi connectivity index (χ0) is 30.9. The number of amides is 4. The Morgan fingerprint density at radius 1 is 0.976 bits per heavy atom. The van der Waals surface area contributed by atoms with Crippen molar-refractivity contribution in [3.8, 4) is 0 Å². The largest absolute Gasteiger partial charge is 0.460 e. The second-order valence-corrected chi connectivity index (χ2v) is 12.6. The van der Waals surface area contributed by atoms with E-state index in [0.717, 1.165) is 31.2 Å². The normalized spacial score (nSPS) is 21.4. The zero-order valence-electron chi connectivity index (χ0n) is 25.1. The van der Waals surface area contributed by atoms with Gasteiger partial charge < -0.3 is 31.2 Å². The maximum atomic E-state index is 13.6. The molecule has 1 saturated heterocycles. The van der Waals surface area contributed by atoms with Gasteiger partial charge in [-0.05, 0) is 45.1 Å². The SMILES string of the molecule is C[C@@H]1C[C@@H]([C@H](CC2CCCCC2)NC(=O)[C@H](CC(N)=O)NC(=O)[C@H](Cc2ccccc2)NC(=O)OC(C)(C)C)OC1=O. The number of ether oxygens (including phenoxy) is 2. The number of primary amides is 1. The second kappa shape index (κ2) is 15.0. The molecule has 1 heterocycles. The Morgan fingerprint density at radius 2 is 1.62 bits per heavy atom. The number of benzene rings is 1. The minimum Gasteiger partial charge on any atom is -0.460 e. The van der Waals surface area contributed by atoms with Gasteiger partial charge in [0.2, 0.25) is 17.7 Å². The van der Waals surface area contributed by atoms with Gasteiger partial charge in [-0.3, -0.25) is 19.2 Å². The molecular weight excluding hydrogens is 540 g/mol. The number of cyclic esters (lactones) is 1. The van der Waals surface area contributed by atoms with E-state index in [1.54, 1.807) is 27.7 Å². The minimum atomic E-state index is -1.29. The summed E-state index contributed by atoms with van der Waals surface area (Å²) in [6.07, 6.45) is 4.95. The first-order chi connectivity index (χ1) is 19.8. The van der Waals surface area contributed by atoms with Gasteiger partial charge in [-0.1, -0.05) is 69.4 Å². The van der Waals surface area contributed by atoms with Crippen LogP contribution < -0.4 is 21.7 Å². The summed E-state index contributed by atoms with van der Waals surface area (Å²) >= 11 is 0. The third-order valence-electron chi connectivity index (χ3n) is 7.67. The van der Waals surface area contributed by atoms with Crippen LogP contribution in [0.3, 0.4) is 0 Å². The van der Waals surface area contributed by atoms with E-state index in [0.29, 0.717) is 18.8 Å². The van der Waals surface area contributed by atoms with E-state index in [9.17, 15) is 24.0 Å². The van der Waals surface area contributed by atoms with Crippen LogP contribution in [0.5, 0.6) is 0 Å². The lowest BCUT2D eigenvalue weighted by atomic mass is 9.83. The molecule has 11 nitrogen and oxygen atoms in total. The molecule has 1 aromatic carbocycles. The topological polar surface area (TPSA) is 166 Å². The monoisotopic (exact) mass is 586 g/mol. The lowest BCUT2D eigenvalue weighted by Gasteiger charge is -2.31. The van der Waals surface area contributed by atoms with Crippen molar-refractivity contribution in [3.63, 3.8) is 0 Å². The number of nitrogens with one attached hydrogen (secondary N) is 3. The summed E-state index contributed by atoms with van der Waals surface area (Å²) in [6, 6.07) is 6.21. The van der Waals surface area contributed by atoms with Crippen molar-refractivity contribution in [3.05, 3.63) is 35.9 Å². The lowest BCUT2D eigenvalue weighted by molar-refractivity contribution is -0.146. The molecule has 11 heteroatoms. The van der Waals surface area contributed by atoms with Crippen LogP contribution in [0.25, 0.3) is 0 Å². The first-order valence-corrected chi connectivity index (χ1v) is 14.9. The highest BCUT2D eigenvalue weighted by atomic mass is 16.6. The number of carbonyl (C=O) groups excluding carboxylic acids is 5. The van der Waals surface area contributed by atoms with E-state index in [1.165, 1.54) is 6.42 Å². The number of esters is 1. The summed E-state index contributed by atoms with van der Waals surface area (Å²) in [5.41, 5.74) is 5.45. The van der Waals surface area contributed by atoms with Gasteiger partial charge in [-0.25, -0.2) is 4.79 Å². The molecule has 2 aliphatic rings. The Hall–Kier alpha value is -3.63. The van der Waals surface area contributed by atoms with Gasteiger partial charge in [0, 0.05) is 6.42 Å². The van der Waals surface area contributed by atoms with Crippen LogP contribution in [0.1, 0.15) is 84.6 Å². The van der Waals surface area contributed by atoms with Crippen LogP contribution in [0.15, 0.2) is 30.3 Å². The summed E-state index contributed by atoms with van der Waals surface area (Å²) in [5.74, 6) is -2.26. The van der Waals surface area contributed by atoms with Crippen molar-refractivity contribution in [1.29, 1.82) is 0 Å². The molecule has 0 unspecified atom stereocenters. The Balaban J connectivity index is 1.77. The fourth-order valence-corrected chi connectivity index (χ4v) is 5.57. The summed E-state index contributed by atoms with van der Waals surface area (Å²) in [5, 5.41) is 8.18. The predicted octanol–water partition coefficient (Wildman–Crippen LogP) is 2.89. The van der Waals surface area contributed by atoms with Crippen LogP contribution in [0, 0.1) is 11.8 Å². The van der Waals surface area contributed by atoms with Crippen molar-refractivity contribution in [1.82, 2.24) is 16.0 Å². The fraction of sp³-hybridized carbons (Fsp3) is 0.645. The summed E-state index contributed by atoms with van der Waals surface area (Å²) < 4.78 is 11.0. The number of hydrogen-bond donors (Lipinski definition) is 4. The molecule has 42 heavy (non-hydrogen) atoms. The average Bonchev–Trinajstić information content (AvgIpc) is 3.25. The molecule has 0 bridgehead atoms. The highest BCUT2D eigenvalue weighted by molar-refractivity contribution is 5.94. The first-order valence-electron chi connectivity index (χ1n) is 14.9. The summed E-state index contributed by atoms with van der Waals surface area (Å²) in [6.45, 7) is 6.91. The quantitative estimate of drug-likeness (QED) is 0.273. The van der Waals surface area contributed by atoms with E-state index in [4.69, 9.17) is 15.2 Å². The standard InChI is InChI=1S/C31H46N4O7/c1-19-15-25(41-29(19)39)22(16-20-11-7-5-8-12-20)33-28(38)24(18-26(32)36)34-27(37)23(17-21-13-9-6-10-14-21)35-30(40)42-31(2,3)4/h6,9-10,13-14,19-20,22-25H,5,7-8,11-12,15-18H2,1-4H3,(H2,32,36)(H,33,38)(H,34,37)(H,35,40)/t19-,22+,23+,24+,25+/m1/s1. The van der Waals surface area contributed by atoms with Crippen LogP contribution in [-0.2, 0) is 35.1 Å². The van der Waals surface area contributed by atoms with E-state index >= 15 is 0 Å². The highest BCUT2D eigenvalue weighted by Gasteiger charge is 2.39. The number of rotatable bonds is 12. The predicted molar refractivity (Wildman–Crippen MR) is 156 cm³/mol. The maximum Gasteiger partial charge on any atom is 0.408 e. The summed E-state index contributed by atoms with van der Waals surface area (Å²) in [4.78, 5) is 63.8. The van der Waals surface area contributed by atoms with Gasteiger partial charge in [-0.2, -0.15) is 0 Å². The van der Waals surface area contributed by atoms with Gasteiger partial charge in [0.1, 0.15) is 23.8 Å². The van der Waals surface area contributed by atoms with Crippen molar-refractivity contribution >= 4 is 29.8 Å².